The van der Waals surface area contributed by atoms with Crippen molar-refractivity contribution in [3.8, 4) is 5.75 Å². The van der Waals surface area contributed by atoms with Gasteiger partial charge in [-0.05, 0) is 35.9 Å². The van der Waals surface area contributed by atoms with E-state index < -0.39 is 6.43 Å². The lowest BCUT2D eigenvalue weighted by atomic mass is 10.1. The fraction of sp³-hybridized carbons (Fsp3) is 0.292. The predicted molar refractivity (Wildman–Crippen MR) is 119 cm³/mol. The van der Waals surface area contributed by atoms with Crippen LogP contribution < -0.4 is 10.1 Å². The molecule has 1 N–H and O–H groups in total. The van der Waals surface area contributed by atoms with Crippen molar-refractivity contribution in [2.24, 2.45) is 0 Å². The molecule has 0 spiro atoms. The molecule has 0 saturated carbocycles. The summed E-state index contributed by atoms with van der Waals surface area (Å²) < 4.78 is 36.4. The number of methoxy groups -OCH3 is 2. The van der Waals surface area contributed by atoms with E-state index in [0.29, 0.717) is 59.3 Å². The van der Waals surface area contributed by atoms with Gasteiger partial charge in [-0.2, -0.15) is 0 Å². The van der Waals surface area contributed by atoms with Crippen molar-refractivity contribution in [1.82, 2.24) is 14.9 Å². The van der Waals surface area contributed by atoms with E-state index in [1.54, 1.807) is 38.3 Å². The fourth-order valence-corrected chi connectivity index (χ4v) is 3.78. The molecule has 3 heterocycles. The number of aromatic nitrogens is 2. The van der Waals surface area contributed by atoms with Gasteiger partial charge in [0.1, 0.15) is 5.75 Å². The molecule has 0 fully saturated rings. The largest absolute Gasteiger partial charge is 0.495 e. The van der Waals surface area contributed by atoms with Crippen molar-refractivity contribution in [3.05, 3.63) is 76.4 Å². The number of amides is 1. The molecule has 0 atom stereocenters. The maximum absolute atomic E-state index is 12.8. The number of ether oxygens (including phenoxy) is 2. The third kappa shape index (κ3) is 4.78. The third-order valence-corrected chi connectivity index (χ3v) is 5.40. The van der Waals surface area contributed by atoms with Crippen LogP contribution in [0.25, 0.3) is 0 Å². The van der Waals surface area contributed by atoms with Gasteiger partial charge >= 0.3 is 0 Å². The Hall–Kier alpha value is -3.59. The number of hydrogen-bond acceptors (Lipinski definition) is 6. The summed E-state index contributed by atoms with van der Waals surface area (Å²) >= 11 is 0. The Kier molecular flexibility index (Phi) is 6.50. The van der Waals surface area contributed by atoms with E-state index in [-0.39, 0.29) is 11.5 Å². The van der Waals surface area contributed by atoms with Crippen LogP contribution in [0.4, 0.5) is 20.2 Å². The summed E-state index contributed by atoms with van der Waals surface area (Å²) in [5, 5.41) is 3.32. The molecule has 33 heavy (non-hydrogen) atoms. The molecule has 1 amide bonds. The van der Waals surface area contributed by atoms with Gasteiger partial charge in [0.15, 0.2) is 0 Å². The minimum atomic E-state index is -2.56. The zero-order valence-electron chi connectivity index (χ0n) is 18.6. The number of fused-ring (bicyclic) bond motifs is 1. The molecular formula is C24H24F2N4O3. The Morgan fingerprint density at radius 2 is 1.94 bits per heavy atom. The number of halogens is 2. The lowest BCUT2D eigenvalue weighted by Gasteiger charge is -2.16. The average molecular weight is 454 g/mol. The summed E-state index contributed by atoms with van der Waals surface area (Å²) in [5.74, 6) is 0.487. The van der Waals surface area contributed by atoms with Gasteiger partial charge in [0, 0.05) is 43.7 Å². The van der Waals surface area contributed by atoms with Crippen molar-refractivity contribution in [1.29, 1.82) is 0 Å². The Morgan fingerprint density at radius 3 is 2.61 bits per heavy atom. The molecule has 1 aliphatic rings. The highest BCUT2D eigenvalue weighted by molar-refractivity contribution is 6.03. The van der Waals surface area contributed by atoms with Gasteiger partial charge in [0.05, 0.1) is 42.9 Å². The molecule has 0 bridgehead atoms. The first kappa shape index (κ1) is 22.6. The third-order valence-electron chi connectivity index (χ3n) is 5.40. The zero-order chi connectivity index (χ0) is 23.5. The fourth-order valence-electron chi connectivity index (χ4n) is 3.78. The second-order valence-corrected chi connectivity index (χ2v) is 7.80. The lowest BCUT2D eigenvalue weighted by Crippen LogP contribution is -2.18. The normalized spacial score (nSPS) is 12.9. The van der Waals surface area contributed by atoms with Crippen molar-refractivity contribution in [2.45, 2.75) is 26.0 Å². The number of nitrogens with one attached hydrogen (secondary N) is 1. The molecule has 0 unspecified atom stereocenters. The van der Waals surface area contributed by atoms with E-state index in [1.807, 2.05) is 18.2 Å². The molecule has 4 rings (SSSR count). The summed E-state index contributed by atoms with van der Waals surface area (Å²) in [6.07, 6.45) is -1.05. The first-order valence-electron chi connectivity index (χ1n) is 10.3. The Bertz CT molecular complexity index is 1170. The zero-order valence-corrected chi connectivity index (χ0v) is 18.6. The lowest BCUT2D eigenvalue weighted by molar-refractivity contribution is 0.0817. The molecule has 0 saturated heterocycles. The van der Waals surface area contributed by atoms with E-state index in [4.69, 9.17) is 9.47 Å². The maximum atomic E-state index is 12.8. The number of hydrogen-bond donors (Lipinski definition) is 1. The molecule has 0 aliphatic carbocycles. The molecular weight excluding hydrogens is 430 g/mol. The average Bonchev–Trinajstić information content (AvgIpc) is 3.08. The highest BCUT2D eigenvalue weighted by atomic mass is 19.3. The Balaban J connectivity index is 1.69. The van der Waals surface area contributed by atoms with Crippen molar-refractivity contribution < 1.29 is 23.0 Å². The van der Waals surface area contributed by atoms with Crippen LogP contribution in [0.3, 0.4) is 0 Å². The minimum absolute atomic E-state index is 0.124. The molecule has 7 nitrogen and oxygen atoms in total. The van der Waals surface area contributed by atoms with Crippen molar-refractivity contribution >= 4 is 17.3 Å². The quantitative estimate of drug-likeness (QED) is 0.541. The molecule has 2 aromatic heterocycles. The van der Waals surface area contributed by atoms with Gasteiger partial charge in [0.2, 0.25) is 0 Å². The molecule has 172 valence electrons. The number of pyridine rings is 2. The summed E-state index contributed by atoms with van der Waals surface area (Å²) in [5.41, 5.74) is 4.56. The monoisotopic (exact) mass is 454 g/mol. The Morgan fingerprint density at radius 1 is 1.12 bits per heavy atom. The SMILES string of the molecule is COCc1ccc(Nc2cc(Cc3ccc(C(F)F)cn3)nc3c2C(=O)N(C)C3)c(OC)c1. The van der Waals surface area contributed by atoms with Crippen LogP contribution in [0.15, 0.2) is 42.6 Å². The van der Waals surface area contributed by atoms with Crippen LogP contribution in [0.5, 0.6) is 5.75 Å². The van der Waals surface area contributed by atoms with Crippen LogP contribution in [0.1, 0.15) is 45.0 Å². The first-order chi connectivity index (χ1) is 15.9. The number of nitrogens with zero attached hydrogens (tertiary/aromatic N) is 3. The van der Waals surface area contributed by atoms with Gasteiger partial charge in [-0.15, -0.1) is 0 Å². The van der Waals surface area contributed by atoms with Crippen molar-refractivity contribution in [3.63, 3.8) is 0 Å². The number of carbonyl (C=O) groups excluding carboxylic acids is 1. The minimum Gasteiger partial charge on any atom is -0.495 e. The highest BCUT2D eigenvalue weighted by Gasteiger charge is 2.30. The van der Waals surface area contributed by atoms with Crippen LogP contribution in [0.2, 0.25) is 0 Å². The molecule has 0 radical (unpaired) electrons. The molecule has 3 aromatic rings. The Labute approximate surface area is 190 Å². The van der Waals surface area contributed by atoms with Gasteiger partial charge in [-0.1, -0.05) is 6.07 Å². The predicted octanol–water partition coefficient (Wildman–Crippen LogP) is 4.49. The molecule has 1 aromatic carbocycles. The maximum Gasteiger partial charge on any atom is 0.265 e. The van der Waals surface area contributed by atoms with E-state index in [0.717, 1.165) is 5.56 Å². The van der Waals surface area contributed by atoms with Gasteiger partial charge < -0.3 is 19.7 Å². The molecule has 9 heteroatoms. The van der Waals surface area contributed by atoms with Crippen LogP contribution in [-0.2, 0) is 24.3 Å². The van der Waals surface area contributed by atoms with E-state index in [2.05, 4.69) is 15.3 Å². The standard InChI is InChI=1S/C24H24F2N4O3/c1-30-12-20-22(24(30)31)19(29-18-7-4-14(13-32-2)8-21(18)33-3)10-17(28-20)9-16-6-5-15(11-27-16)23(25)26/h4-8,10-11,23H,9,12-13H2,1-3H3,(H,28,29). The summed E-state index contributed by atoms with van der Waals surface area (Å²) in [4.78, 5) is 23.2. The summed E-state index contributed by atoms with van der Waals surface area (Å²) in [6, 6.07) is 10.4. The van der Waals surface area contributed by atoms with Gasteiger partial charge in [-0.3, -0.25) is 14.8 Å². The summed E-state index contributed by atoms with van der Waals surface area (Å²) in [7, 11) is 4.92. The molecule has 1 aliphatic heterocycles. The smallest absolute Gasteiger partial charge is 0.265 e. The number of carbonyl (C=O) groups is 1. The number of alkyl halides is 2. The van der Waals surface area contributed by atoms with E-state index >= 15 is 0 Å². The van der Waals surface area contributed by atoms with E-state index in [9.17, 15) is 13.6 Å². The van der Waals surface area contributed by atoms with Crippen molar-refractivity contribution in [2.75, 3.05) is 26.6 Å². The first-order valence-corrected chi connectivity index (χ1v) is 10.3. The van der Waals surface area contributed by atoms with E-state index in [1.165, 1.54) is 12.3 Å². The van der Waals surface area contributed by atoms with Crippen LogP contribution in [0, 0.1) is 0 Å². The second kappa shape index (κ2) is 9.50. The number of rotatable bonds is 8. The highest BCUT2D eigenvalue weighted by Crippen LogP contribution is 2.34. The van der Waals surface area contributed by atoms with Gasteiger partial charge in [-0.25, -0.2) is 8.78 Å². The van der Waals surface area contributed by atoms with Gasteiger partial charge in [0.25, 0.3) is 12.3 Å². The number of benzene rings is 1. The van der Waals surface area contributed by atoms with Crippen LogP contribution in [-0.4, -0.2) is 42.0 Å². The second-order valence-electron chi connectivity index (χ2n) is 7.80. The summed E-state index contributed by atoms with van der Waals surface area (Å²) in [6.45, 7) is 0.838. The van der Waals surface area contributed by atoms with Crippen LogP contribution >= 0.6 is 0 Å². The topological polar surface area (TPSA) is 76.6 Å². The number of anilines is 2.